The van der Waals surface area contributed by atoms with Gasteiger partial charge in [0, 0.05) is 17.8 Å². The zero-order valence-corrected chi connectivity index (χ0v) is 17.0. The van der Waals surface area contributed by atoms with Crippen LogP contribution in [0, 0.1) is 13.8 Å². The number of hydrogen-bond donors (Lipinski definition) is 3. The van der Waals surface area contributed by atoms with Crippen molar-refractivity contribution >= 4 is 27.6 Å². The van der Waals surface area contributed by atoms with Crippen molar-refractivity contribution in [2.75, 3.05) is 11.9 Å². The van der Waals surface area contributed by atoms with Crippen LogP contribution in [0.25, 0.3) is 0 Å². The van der Waals surface area contributed by atoms with Crippen molar-refractivity contribution < 1.29 is 18.0 Å². The van der Waals surface area contributed by atoms with Gasteiger partial charge in [0.15, 0.2) is 0 Å². The maximum absolute atomic E-state index is 12.4. The lowest BCUT2D eigenvalue weighted by molar-refractivity contribution is 0.102. The largest absolute Gasteiger partial charge is 0.337 e. The van der Waals surface area contributed by atoms with Gasteiger partial charge in [0.05, 0.1) is 4.90 Å². The van der Waals surface area contributed by atoms with Crippen molar-refractivity contribution in [3.63, 3.8) is 0 Å². The Hall–Kier alpha value is -2.87. The number of urea groups is 1. The van der Waals surface area contributed by atoms with E-state index in [1.807, 2.05) is 37.6 Å². The molecular weight excluding hydrogens is 378 g/mol. The predicted molar refractivity (Wildman–Crippen MR) is 109 cm³/mol. The highest BCUT2D eigenvalue weighted by Gasteiger charge is 2.17. The summed E-state index contributed by atoms with van der Waals surface area (Å²) in [6.07, 6.45) is 1.66. The molecule has 2 rings (SSSR count). The molecule has 0 aliphatic carbocycles. The van der Waals surface area contributed by atoms with Crippen molar-refractivity contribution in [3.8, 4) is 0 Å². The fourth-order valence-corrected chi connectivity index (χ4v) is 3.51. The summed E-state index contributed by atoms with van der Waals surface area (Å²) in [5, 5.41) is 5.23. The Morgan fingerprint density at radius 1 is 1.00 bits per heavy atom. The average molecular weight is 404 g/mol. The minimum atomic E-state index is -3.98. The molecule has 7 nitrogen and oxygen atoms in total. The van der Waals surface area contributed by atoms with Gasteiger partial charge in [-0.2, -0.15) is 0 Å². The smallest absolute Gasteiger partial charge is 0.328 e. The Labute approximate surface area is 165 Å². The molecule has 0 radical (unpaired) electrons. The van der Waals surface area contributed by atoms with Crippen molar-refractivity contribution in [1.82, 2.24) is 10.0 Å². The van der Waals surface area contributed by atoms with Gasteiger partial charge in [-0.1, -0.05) is 31.0 Å². The van der Waals surface area contributed by atoms with Crippen LogP contribution in [0.1, 0.15) is 41.3 Å². The Balaban J connectivity index is 2.04. The summed E-state index contributed by atoms with van der Waals surface area (Å²) in [5.41, 5.74) is 2.92. The van der Waals surface area contributed by atoms with Crippen LogP contribution in [-0.4, -0.2) is 26.9 Å². The number of hydrogen-bond acceptors (Lipinski definition) is 4. The minimum absolute atomic E-state index is 0.0670. The average Bonchev–Trinajstić information content (AvgIpc) is 2.61. The van der Waals surface area contributed by atoms with Crippen LogP contribution in [0.3, 0.4) is 0 Å². The van der Waals surface area contributed by atoms with Crippen molar-refractivity contribution in [3.05, 3.63) is 59.2 Å². The third kappa shape index (κ3) is 5.82. The lowest BCUT2D eigenvalue weighted by Crippen LogP contribution is -2.39. The van der Waals surface area contributed by atoms with Crippen LogP contribution in [0.4, 0.5) is 10.5 Å². The zero-order chi connectivity index (χ0) is 20.7. The quantitative estimate of drug-likeness (QED) is 0.617. The molecule has 0 atom stereocenters. The number of amides is 3. The molecule has 150 valence electrons. The summed E-state index contributed by atoms with van der Waals surface area (Å²) in [5.74, 6) is -0.276. The fraction of sp³-hybridized carbons (Fsp3) is 0.300. The van der Waals surface area contributed by atoms with Gasteiger partial charge < -0.3 is 10.6 Å². The van der Waals surface area contributed by atoms with Crippen LogP contribution in [-0.2, 0) is 10.0 Å². The molecule has 0 aliphatic rings. The normalized spacial score (nSPS) is 11.0. The first kappa shape index (κ1) is 21.4. The summed E-state index contributed by atoms with van der Waals surface area (Å²) in [4.78, 5) is 24.0. The molecule has 28 heavy (non-hydrogen) atoms. The van der Waals surface area contributed by atoms with E-state index in [2.05, 4.69) is 10.6 Å². The summed E-state index contributed by atoms with van der Waals surface area (Å²) >= 11 is 0. The van der Waals surface area contributed by atoms with Gasteiger partial charge in [-0.25, -0.2) is 17.9 Å². The highest BCUT2D eigenvalue weighted by Crippen LogP contribution is 2.17. The number of carbonyl (C=O) groups excluding carboxylic acids is 2. The van der Waals surface area contributed by atoms with E-state index in [0.717, 1.165) is 24.0 Å². The fourth-order valence-electron chi connectivity index (χ4n) is 2.58. The van der Waals surface area contributed by atoms with Crippen LogP contribution in [0.2, 0.25) is 0 Å². The third-order valence-corrected chi connectivity index (χ3v) is 5.44. The Kier molecular flexibility index (Phi) is 7.17. The van der Waals surface area contributed by atoms with E-state index in [1.54, 1.807) is 6.07 Å². The number of sulfonamides is 1. The van der Waals surface area contributed by atoms with Gasteiger partial charge in [-0.3, -0.25) is 4.79 Å². The molecule has 0 heterocycles. The first-order chi connectivity index (χ1) is 13.2. The second-order valence-corrected chi connectivity index (χ2v) is 8.19. The molecular formula is C20H25N3O4S. The summed E-state index contributed by atoms with van der Waals surface area (Å²) in [6.45, 7) is 6.18. The van der Waals surface area contributed by atoms with E-state index in [4.69, 9.17) is 0 Å². The molecule has 3 N–H and O–H groups in total. The molecule has 0 spiro atoms. The lowest BCUT2D eigenvalue weighted by Gasteiger charge is -2.10. The van der Waals surface area contributed by atoms with Gasteiger partial charge in [0.25, 0.3) is 15.9 Å². The van der Waals surface area contributed by atoms with Gasteiger partial charge in [-0.05, 0) is 56.2 Å². The SMILES string of the molecule is CCCCNC(=O)NS(=O)(=O)c1ccc(NC(=O)c2ccc(C)cc2C)cc1. The standard InChI is InChI=1S/C20H25N3O4S/c1-4-5-12-21-20(25)23-28(26,27)17-9-7-16(8-10-17)22-19(24)18-11-6-14(2)13-15(18)3/h6-11,13H,4-5,12H2,1-3H3,(H,22,24)(H2,21,23,25). The van der Waals surface area contributed by atoms with Crippen molar-refractivity contribution in [2.24, 2.45) is 0 Å². The van der Waals surface area contributed by atoms with Crippen molar-refractivity contribution in [1.29, 1.82) is 0 Å². The zero-order valence-electron chi connectivity index (χ0n) is 16.2. The van der Waals surface area contributed by atoms with E-state index < -0.39 is 16.1 Å². The molecule has 0 saturated carbocycles. The molecule has 0 fully saturated rings. The summed E-state index contributed by atoms with van der Waals surface area (Å²) < 4.78 is 26.5. The van der Waals surface area contributed by atoms with Crippen LogP contribution < -0.4 is 15.4 Å². The Morgan fingerprint density at radius 2 is 1.68 bits per heavy atom. The van der Waals surface area contributed by atoms with Gasteiger partial charge in [-0.15, -0.1) is 0 Å². The molecule has 3 amide bonds. The molecule has 8 heteroatoms. The second kappa shape index (κ2) is 9.36. The molecule has 2 aromatic rings. The maximum atomic E-state index is 12.4. The molecule has 2 aromatic carbocycles. The summed E-state index contributed by atoms with van der Waals surface area (Å²) in [6, 6.07) is 10.4. The van der Waals surface area contributed by atoms with Gasteiger partial charge >= 0.3 is 6.03 Å². The van der Waals surface area contributed by atoms with Gasteiger partial charge in [0.2, 0.25) is 0 Å². The number of unbranched alkanes of at least 4 members (excludes halogenated alkanes) is 1. The third-order valence-electron chi connectivity index (χ3n) is 4.09. The highest BCUT2D eigenvalue weighted by atomic mass is 32.2. The number of nitrogens with one attached hydrogen (secondary N) is 3. The van der Waals surface area contributed by atoms with Crippen LogP contribution in [0.5, 0.6) is 0 Å². The van der Waals surface area contributed by atoms with E-state index in [9.17, 15) is 18.0 Å². The first-order valence-corrected chi connectivity index (χ1v) is 10.5. The maximum Gasteiger partial charge on any atom is 0.328 e. The second-order valence-electron chi connectivity index (χ2n) is 6.51. The number of rotatable bonds is 7. The van der Waals surface area contributed by atoms with E-state index in [0.29, 0.717) is 17.8 Å². The van der Waals surface area contributed by atoms with Gasteiger partial charge in [0.1, 0.15) is 0 Å². The molecule has 0 bridgehead atoms. The van der Waals surface area contributed by atoms with E-state index >= 15 is 0 Å². The predicted octanol–water partition coefficient (Wildman–Crippen LogP) is 3.34. The number of benzene rings is 2. The summed E-state index contributed by atoms with van der Waals surface area (Å²) in [7, 11) is -3.98. The molecule has 0 aliphatic heterocycles. The number of anilines is 1. The topological polar surface area (TPSA) is 104 Å². The van der Waals surface area contributed by atoms with Crippen LogP contribution >= 0.6 is 0 Å². The first-order valence-electron chi connectivity index (χ1n) is 9.02. The van der Waals surface area contributed by atoms with E-state index in [-0.39, 0.29) is 10.8 Å². The molecule has 0 unspecified atom stereocenters. The highest BCUT2D eigenvalue weighted by molar-refractivity contribution is 7.90. The minimum Gasteiger partial charge on any atom is -0.337 e. The Morgan fingerprint density at radius 3 is 2.29 bits per heavy atom. The van der Waals surface area contributed by atoms with Crippen molar-refractivity contribution in [2.45, 2.75) is 38.5 Å². The Bertz CT molecular complexity index is 954. The van der Waals surface area contributed by atoms with Crippen LogP contribution in [0.15, 0.2) is 47.4 Å². The lowest BCUT2D eigenvalue weighted by atomic mass is 10.1. The number of aryl methyl sites for hydroxylation is 2. The molecule has 0 aromatic heterocycles. The number of carbonyl (C=O) groups is 2. The monoisotopic (exact) mass is 403 g/mol. The molecule has 0 saturated heterocycles. The van der Waals surface area contributed by atoms with E-state index in [1.165, 1.54) is 24.3 Å².